The lowest BCUT2D eigenvalue weighted by molar-refractivity contribution is 0.0983. The third-order valence-electron chi connectivity index (χ3n) is 4.18. The summed E-state index contributed by atoms with van der Waals surface area (Å²) in [6, 6.07) is 9.35. The van der Waals surface area contributed by atoms with E-state index in [9.17, 15) is 4.79 Å². The van der Waals surface area contributed by atoms with Gasteiger partial charge in [-0.2, -0.15) is 15.3 Å². The summed E-state index contributed by atoms with van der Waals surface area (Å²) in [5.74, 6) is 0.956. The number of nitrogens with one attached hydrogen (secondary N) is 2. The zero-order chi connectivity index (χ0) is 19.1. The molecule has 1 aromatic heterocycles. The zero-order valence-electron chi connectivity index (χ0n) is 15.1. The number of carbonyl (C=O) groups is 1. The van der Waals surface area contributed by atoms with Crippen molar-refractivity contribution in [2.75, 3.05) is 30.3 Å². The van der Waals surface area contributed by atoms with Crippen molar-refractivity contribution in [3.05, 3.63) is 36.0 Å². The van der Waals surface area contributed by atoms with E-state index in [2.05, 4.69) is 31.9 Å². The Bertz CT molecular complexity index is 828. The Kier molecular flexibility index (Phi) is 5.99. The summed E-state index contributed by atoms with van der Waals surface area (Å²) in [5.41, 5.74) is 1.27. The number of nitriles is 1. The highest BCUT2D eigenvalue weighted by molar-refractivity contribution is 5.67. The molecule has 0 unspecified atom stereocenters. The molecular weight excluding hydrogens is 346 g/mol. The van der Waals surface area contributed by atoms with Crippen molar-refractivity contribution < 1.29 is 9.53 Å². The third-order valence-corrected chi connectivity index (χ3v) is 4.18. The molecule has 9 nitrogen and oxygen atoms in total. The number of hydrogen-bond donors (Lipinski definition) is 2. The number of nitrogens with zero attached hydrogens (tertiary/aromatic N) is 5. The molecule has 0 atom stereocenters. The van der Waals surface area contributed by atoms with E-state index in [0.717, 1.165) is 18.5 Å². The third kappa shape index (κ3) is 5.04. The Balaban J connectivity index is 1.57. The van der Waals surface area contributed by atoms with Crippen LogP contribution in [0, 0.1) is 11.3 Å². The first-order chi connectivity index (χ1) is 13.2. The number of hydrogen-bond acceptors (Lipinski definition) is 8. The lowest BCUT2D eigenvalue weighted by Crippen LogP contribution is -2.42. The molecule has 2 N–H and O–H groups in total. The molecule has 0 saturated carbocycles. The first-order valence-corrected chi connectivity index (χ1v) is 8.83. The first kappa shape index (κ1) is 18.4. The molecule has 0 bridgehead atoms. The Labute approximate surface area is 157 Å². The summed E-state index contributed by atoms with van der Waals surface area (Å²) in [7, 11) is 0. The second-order valence-electron chi connectivity index (χ2n) is 6.09. The lowest BCUT2D eigenvalue weighted by Gasteiger charge is -2.31. The molecule has 9 heteroatoms. The Morgan fingerprint density at radius 2 is 2.22 bits per heavy atom. The number of aromatic nitrogens is 3. The predicted octanol–water partition coefficient (Wildman–Crippen LogP) is 2.52. The number of carbonyl (C=O) groups excluding carboxylic acids is 1. The van der Waals surface area contributed by atoms with Crippen molar-refractivity contribution in [1.29, 1.82) is 5.26 Å². The van der Waals surface area contributed by atoms with Crippen LogP contribution in [0.15, 0.2) is 30.5 Å². The highest BCUT2D eigenvalue weighted by Gasteiger charge is 2.23. The number of piperidine rings is 1. The van der Waals surface area contributed by atoms with Gasteiger partial charge in [0, 0.05) is 24.8 Å². The maximum atomic E-state index is 11.8. The quantitative estimate of drug-likeness (QED) is 0.828. The minimum absolute atomic E-state index is 0.196. The fraction of sp³-hybridized carbons (Fsp3) is 0.389. The van der Waals surface area contributed by atoms with Gasteiger partial charge in [0.1, 0.15) is 0 Å². The molecule has 0 radical (unpaired) electrons. The van der Waals surface area contributed by atoms with Crippen LogP contribution in [0.3, 0.4) is 0 Å². The van der Waals surface area contributed by atoms with Crippen LogP contribution in [0.25, 0.3) is 0 Å². The van der Waals surface area contributed by atoms with Gasteiger partial charge in [0.05, 0.1) is 24.4 Å². The van der Waals surface area contributed by atoms with Crippen LogP contribution >= 0.6 is 0 Å². The molecule has 1 saturated heterocycles. The minimum Gasteiger partial charge on any atom is -0.450 e. The number of ether oxygens (including phenoxy) is 1. The summed E-state index contributed by atoms with van der Waals surface area (Å²) < 4.78 is 5.03. The topological polar surface area (TPSA) is 116 Å². The summed E-state index contributed by atoms with van der Waals surface area (Å²) in [6.07, 6.45) is 2.91. The molecule has 3 rings (SSSR count). The molecular formula is C18H21N7O2. The SMILES string of the molecule is CCOC(=O)N1CCC(Nc2cnnc(Nc3cccc(C#N)c3)n2)CC1. The van der Waals surface area contributed by atoms with Crippen LogP contribution in [0.1, 0.15) is 25.3 Å². The number of benzene rings is 1. The number of rotatable bonds is 5. The van der Waals surface area contributed by atoms with Crippen LogP contribution in [0.5, 0.6) is 0 Å². The van der Waals surface area contributed by atoms with E-state index in [1.807, 2.05) is 6.07 Å². The van der Waals surface area contributed by atoms with E-state index in [1.54, 1.807) is 36.2 Å². The van der Waals surface area contributed by atoms with Crippen LogP contribution in [-0.2, 0) is 4.74 Å². The van der Waals surface area contributed by atoms with Gasteiger partial charge in [-0.05, 0) is 38.0 Å². The van der Waals surface area contributed by atoms with Gasteiger partial charge in [0.25, 0.3) is 0 Å². The van der Waals surface area contributed by atoms with Gasteiger partial charge >= 0.3 is 6.09 Å². The molecule has 1 aliphatic heterocycles. The largest absolute Gasteiger partial charge is 0.450 e. The average molecular weight is 367 g/mol. The standard InChI is InChI=1S/C18H21N7O2/c1-2-27-18(26)25-8-6-14(7-9-25)21-16-12-20-24-17(23-16)22-15-5-3-4-13(10-15)11-19/h3-5,10,12,14H,2,6-9H2,1H3,(H2,21,22,23,24). The molecule has 0 aliphatic carbocycles. The molecule has 1 aromatic carbocycles. The Morgan fingerprint density at radius 3 is 2.96 bits per heavy atom. The molecule has 1 aliphatic rings. The van der Waals surface area contributed by atoms with E-state index < -0.39 is 0 Å². The Morgan fingerprint density at radius 1 is 1.41 bits per heavy atom. The fourth-order valence-electron chi connectivity index (χ4n) is 2.85. The van der Waals surface area contributed by atoms with Gasteiger partial charge in [-0.3, -0.25) is 0 Å². The van der Waals surface area contributed by atoms with Crippen molar-refractivity contribution in [3.8, 4) is 6.07 Å². The monoisotopic (exact) mass is 367 g/mol. The smallest absolute Gasteiger partial charge is 0.409 e. The van der Waals surface area contributed by atoms with Gasteiger partial charge in [-0.15, -0.1) is 5.10 Å². The zero-order valence-corrected chi connectivity index (χ0v) is 15.1. The van der Waals surface area contributed by atoms with Crippen molar-refractivity contribution >= 4 is 23.5 Å². The molecule has 2 heterocycles. The van der Waals surface area contributed by atoms with Crippen LogP contribution < -0.4 is 10.6 Å². The summed E-state index contributed by atoms with van der Waals surface area (Å²) >= 11 is 0. The maximum absolute atomic E-state index is 11.8. The maximum Gasteiger partial charge on any atom is 0.409 e. The van der Waals surface area contributed by atoms with Gasteiger partial charge < -0.3 is 20.3 Å². The van der Waals surface area contributed by atoms with Crippen molar-refractivity contribution in [1.82, 2.24) is 20.1 Å². The summed E-state index contributed by atoms with van der Waals surface area (Å²) in [6.45, 7) is 3.47. The van der Waals surface area contributed by atoms with E-state index in [-0.39, 0.29) is 12.1 Å². The highest BCUT2D eigenvalue weighted by atomic mass is 16.6. The van der Waals surface area contributed by atoms with Crippen molar-refractivity contribution in [2.45, 2.75) is 25.8 Å². The number of amides is 1. The summed E-state index contributed by atoms with van der Waals surface area (Å²) in [5, 5.41) is 23.3. The second-order valence-corrected chi connectivity index (χ2v) is 6.09. The van der Waals surface area contributed by atoms with Crippen LogP contribution in [-0.4, -0.2) is 51.9 Å². The first-order valence-electron chi connectivity index (χ1n) is 8.83. The fourth-order valence-corrected chi connectivity index (χ4v) is 2.85. The molecule has 27 heavy (non-hydrogen) atoms. The minimum atomic E-state index is -0.259. The van der Waals surface area contributed by atoms with Gasteiger partial charge in [-0.25, -0.2) is 4.79 Å². The number of likely N-dealkylation sites (tertiary alicyclic amines) is 1. The van der Waals surface area contributed by atoms with Crippen molar-refractivity contribution in [3.63, 3.8) is 0 Å². The van der Waals surface area contributed by atoms with Gasteiger partial charge in [0.15, 0.2) is 5.82 Å². The Hall–Kier alpha value is -3.41. The molecule has 2 aromatic rings. The number of anilines is 3. The molecule has 140 valence electrons. The normalized spacial score (nSPS) is 14.3. The average Bonchev–Trinajstić information content (AvgIpc) is 2.69. The van der Waals surface area contributed by atoms with E-state index in [4.69, 9.17) is 10.00 Å². The molecule has 1 amide bonds. The van der Waals surface area contributed by atoms with E-state index >= 15 is 0 Å². The van der Waals surface area contributed by atoms with E-state index in [1.165, 1.54) is 0 Å². The lowest BCUT2D eigenvalue weighted by atomic mass is 10.1. The van der Waals surface area contributed by atoms with Gasteiger partial charge in [0.2, 0.25) is 5.95 Å². The second kappa shape index (κ2) is 8.80. The van der Waals surface area contributed by atoms with Crippen LogP contribution in [0.2, 0.25) is 0 Å². The van der Waals surface area contributed by atoms with Gasteiger partial charge in [-0.1, -0.05) is 6.07 Å². The predicted molar refractivity (Wildman–Crippen MR) is 99.5 cm³/mol. The van der Waals surface area contributed by atoms with E-state index in [0.29, 0.717) is 37.0 Å². The van der Waals surface area contributed by atoms with Crippen LogP contribution in [0.4, 0.5) is 22.2 Å². The molecule has 1 fully saturated rings. The molecule has 0 spiro atoms. The highest BCUT2D eigenvalue weighted by Crippen LogP contribution is 2.18. The summed E-state index contributed by atoms with van der Waals surface area (Å²) in [4.78, 5) is 17.9. The van der Waals surface area contributed by atoms with Crippen molar-refractivity contribution in [2.24, 2.45) is 0 Å².